The van der Waals surface area contributed by atoms with Crippen LogP contribution in [0.5, 0.6) is 0 Å². The number of carbonyl (C=O) groups is 1. The summed E-state index contributed by atoms with van der Waals surface area (Å²) in [7, 11) is 1.25. The normalized spacial score (nSPS) is 6.00. The van der Waals surface area contributed by atoms with Crippen molar-refractivity contribution < 1.29 is 9.53 Å². The van der Waals surface area contributed by atoms with Crippen molar-refractivity contribution in [3.05, 3.63) is 0 Å². The van der Waals surface area contributed by atoms with Crippen LogP contribution in [0.2, 0.25) is 0 Å². The Morgan fingerprint density at radius 3 is 2.50 bits per heavy atom. The molecule has 39 valence electrons. The molecule has 8 heavy (non-hydrogen) atoms. The second-order valence-corrected chi connectivity index (χ2v) is 0.911. The molecular formula is C4H5NNaO2. The van der Waals surface area contributed by atoms with E-state index in [1.165, 1.54) is 7.11 Å². The number of nitrogens with zero attached hydrogens (tertiary/aromatic N) is 1. The van der Waals surface area contributed by atoms with Gasteiger partial charge in [-0.05, 0) is 0 Å². The summed E-state index contributed by atoms with van der Waals surface area (Å²) in [5.74, 6) is -0.484. The summed E-state index contributed by atoms with van der Waals surface area (Å²) in [6.45, 7) is 0. The van der Waals surface area contributed by atoms with Gasteiger partial charge in [-0.25, -0.2) is 0 Å². The molecule has 0 heterocycles. The van der Waals surface area contributed by atoms with Crippen LogP contribution in [0.3, 0.4) is 0 Å². The van der Waals surface area contributed by atoms with Crippen molar-refractivity contribution in [1.29, 1.82) is 5.26 Å². The van der Waals surface area contributed by atoms with E-state index in [0.29, 0.717) is 0 Å². The van der Waals surface area contributed by atoms with Gasteiger partial charge in [0, 0.05) is 29.6 Å². The van der Waals surface area contributed by atoms with Crippen molar-refractivity contribution >= 4 is 35.5 Å². The minimum Gasteiger partial charge on any atom is -0.468 e. The largest absolute Gasteiger partial charge is 0.468 e. The SMILES string of the molecule is COC(=O)CC#N.[Na]. The first-order valence-electron chi connectivity index (χ1n) is 1.75. The van der Waals surface area contributed by atoms with Gasteiger partial charge in [-0.1, -0.05) is 0 Å². The zero-order valence-corrected chi connectivity index (χ0v) is 6.97. The van der Waals surface area contributed by atoms with E-state index in [0.717, 1.165) is 0 Å². The number of carbonyl (C=O) groups excluding carboxylic acids is 1. The van der Waals surface area contributed by atoms with Crippen molar-refractivity contribution in [2.24, 2.45) is 0 Å². The van der Waals surface area contributed by atoms with Gasteiger partial charge in [-0.3, -0.25) is 4.79 Å². The van der Waals surface area contributed by atoms with E-state index in [1.54, 1.807) is 6.07 Å². The Kier molecular flexibility index (Phi) is 9.44. The van der Waals surface area contributed by atoms with Crippen molar-refractivity contribution in [3.8, 4) is 6.07 Å². The Balaban J connectivity index is 0. The summed E-state index contributed by atoms with van der Waals surface area (Å²) >= 11 is 0. The Bertz CT molecular complexity index is 107. The van der Waals surface area contributed by atoms with Gasteiger partial charge in [0.25, 0.3) is 0 Å². The molecule has 0 bridgehead atoms. The Labute approximate surface area is 69.9 Å². The summed E-state index contributed by atoms with van der Waals surface area (Å²) < 4.78 is 4.13. The van der Waals surface area contributed by atoms with Crippen LogP contribution in [0, 0.1) is 11.3 Å². The first-order valence-corrected chi connectivity index (χ1v) is 1.75. The topological polar surface area (TPSA) is 50.1 Å². The quantitative estimate of drug-likeness (QED) is 0.354. The molecule has 1 radical (unpaired) electrons. The molecule has 0 aromatic rings. The van der Waals surface area contributed by atoms with Crippen LogP contribution < -0.4 is 0 Å². The Morgan fingerprint density at radius 2 is 2.38 bits per heavy atom. The number of methoxy groups -OCH3 is 1. The second-order valence-electron chi connectivity index (χ2n) is 0.911. The molecule has 0 rings (SSSR count). The zero-order valence-electron chi connectivity index (χ0n) is 4.97. The molecule has 3 nitrogen and oxygen atoms in total. The predicted molar refractivity (Wildman–Crippen MR) is 28.0 cm³/mol. The maximum atomic E-state index is 9.97. The minimum absolute atomic E-state index is 0. The molecule has 0 aromatic carbocycles. The van der Waals surface area contributed by atoms with Gasteiger partial charge in [-0.15, -0.1) is 0 Å². The number of hydrogen-bond donors (Lipinski definition) is 0. The third kappa shape index (κ3) is 5.96. The number of rotatable bonds is 1. The van der Waals surface area contributed by atoms with Crippen molar-refractivity contribution in [2.75, 3.05) is 7.11 Å². The maximum Gasteiger partial charge on any atom is 0.319 e. The average Bonchev–Trinajstić information content (AvgIpc) is 1.68. The Hall–Kier alpha value is -0.0400. The van der Waals surface area contributed by atoms with Crippen LogP contribution in [-0.4, -0.2) is 42.6 Å². The van der Waals surface area contributed by atoms with E-state index >= 15 is 0 Å². The molecule has 0 amide bonds. The predicted octanol–water partition coefficient (Wildman–Crippen LogP) is -0.308. The molecule has 4 heteroatoms. The van der Waals surface area contributed by atoms with E-state index in [9.17, 15) is 4.79 Å². The standard InChI is InChI=1S/C4H5NO2.Na/c1-7-4(6)2-3-5;/h2H2,1H3;. The van der Waals surface area contributed by atoms with Gasteiger partial charge in [0.05, 0.1) is 13.2 Å². The minimum atomic E-state index is -0.484. The molecule has 0 aliphatic carbocycles. The van der Waals surface area contributed by atoms with Crippen LogP contribution in [0.4, 0.5) is 0 Å². The third-order valence-electron chi connectivity index (χ3n) is 0.451. The Morgan fingerprint density at radius 1 is 1.88 bits per heavy atom. The monoisotopic (exact) mass is 122 g/mol. The fourth-order valence-corrected chi connectivity index (χ4v) is 0.137. The van der Waals surface area contributed by atoms with Gasteiger partial charge in [0.2, 0.25) is 0 Å². The van der Waals surface area contributed by atoms with Crippen molar-refractivity contribution in [2.45, 2.75) is 6.42 Å². The molecule has 0 aromatic heterocycles. The third-order valence-corrected chi connectivity index (χ3v) is 0.451. The van der Waals surface area contributed by atoms with Crippen molar-refractivity contribution in [3.63, 3.8) is 0 Å². The van der Waals surface area contributed by atoms with Gasteiger partial charge >= 0.3 is 5.97 Å². The number of hydrogen-bond acceptors (Lipinski definition) is 3. The van der Waals surface area contributed by atoms with Crippen LogP contribution in [0.15, 0.2) is 0 Å². The first-order chi connectivity index (χ1) is 3.31. The summed E-state index contributed by atoms with van der Waals surface area (Å²) in [6.07, 6.45) is -0.156. The maximum absolute atomic E-state index is 9.97. The van der Waals surface area contributed by atoms with E-state index in [-0.39, 0.29) is 36.0 Å². The molecule has 0 N–H and O–H groups in total. The number of ether oxygens (including phenoxy) is 1. The van der Waals surface area contributed by atoms with Crippen LogP contribution in [-0.2, 0) is 9.53 Å². The van der Waals surface area contributed by atoms with Gasteiger partial charge in [-0.2, -0.15) is 5.26 Å². The van der Waals surface area contributed by atoms with Gasteiger partial charge < -0.3 is 4.74 Å². The second kappa shape index (κ2) is 6.96. The molecule has 0 saturated carbocycles. The van der Waals surface area contributed by atoms with Gasteiger partial charge in [0.15, 0.2) is 0 Å². The summed E-state index contributed by atoms with van der Waals surface area (Å²) in [5.41, 5.74) is 0. The van der Waals surface area contributed by atoms with Crippen LogP contribution >= 0.6 is 0 Å². The van der Waals surface area contributed by atoms with E-state index in [2.05, 4.69) is 4.74 Å². The molecule has 0 spiro atoms. The van der Waals surface area contributed by atoms with Gasteiger partial charge in [0.1, 0.15) is 6.42 Å². The number of nitriles is 1. The summed E-state index contributed by atoms with van der Waals surface area (Å²) in [6, 6.07) is 1.64. The zero-order chi connectivity index (χ0) is 5.70. The van der Waals surface area contributed by atoms with Crippen molar-refractivity contribution in [1.82, 2.24) is 0 Å². The first kappa shape index (κ1) is 10.9. The molecule has 0 saturated heterocycles. The number of esters is 1. The van der Waals surface area contributed by atoms with E-state index in [1.807, 2.05) is 0 Å². The molecule has 0 atom stereocenters. The van der Waals surface area contributed by atoms with Crippen LogP contribution in [0.25, 0.3) is 0 Å². The molecule has 0 unspecified atom stereocenters. The summed E-state index contributed by atoms with van der Waals surface area (Å²) in [4.78, 5) is 9.97. The van der Waals surface area contributed by atoms with Crippen LogP contribution in [0.1, 0.15) is 6.42 Å². The molecular weight excluding hydrogens is 117 g/mol. The van der Waals surface area contributed by atoms with E-state index < -0.39 is 5.97 Å². The van der Waals surface area contributed by atoms with E-state index in [4.69, 9.17) is 5.26 Å². The average molecular weight is 122 g/mol. The molecule has 0 aliphatic rings. The fraction of sp³-hybridized carbons (Fsp3) is 0.500. The fourth-order valence-electron chi connectivity index (χ4n) is 0.137. The molecule has 0 aliphatic heterocycles. The molecule has 0 fully saturated rings. The smallest absolute Gasteiger partial charge is 0.319 e. The summed E-state index contributed by atoms with van der Waals surface area (Å²) in [5, 5.41) is 7.82.